The number of imidazole rings is 1. The summed E-state index contributed by atoms with van der Waals surface area (Å²) in [5.41, 5.74) is 1.20. The van der Waals surface area contributed by atoms with Crippen LogP contribution in [0, 0.1) is 0 Å². The minimum absolute atomic E-state index is 0.570. The van der Waals surface area contributed by atoms with E-state index in [9.17, 15) is 0 Å². The fraction of sp³-hybridized carbons (Fsp3) is 0.727. The molecule has 1 atom stereocenters. The number of likely N-dealkylation sites (N-methyl/N-ethyl adjacent to an activating group) is 1. The molecule has 0 spiro atoms. The topological polar surface area (TPSA) is 29.9 Å². The van der Waals surface area contributed by atoms with Gasteiger partial charge in [0.1, 0.15) is 10.4 Å². The standard InChI is InChI=1S/C11H18BrN3/c1-3-9-11(12)15-8(7-13-2)5-4-6-10(15)14-9/h8,13H,3-7H2,1-2H3. The van der Waals surface area contributed by atoms with Crippen LogP contribution in [0.25, 0.3) is 0 Å². The van der Waals surface area contributed by atoms with E-state index in [1.54, 1.807) is 0 Å². The van der Waals surface area contributed by atoms with Crippen LogP contribution in [0.4, 0.5) is 0 Å². The normalized spacial score (nSPS) is 20.3. The summed E-state index contributed by atoms with van der Waals surface area (Å²) in [7, 11) is 2.01. The SMILES string of the molecule is CCc1nc2n(c1Br)C(CNC)CCC2. The molecule has 0 fully saturated rings. The van der Waals surface area contributed by atoms with Crippen molar-refractivity contribution in [2.24, 2.45) is 0 Å². The number of aromatic nitrogens is 2. The number of nitrogens with zero attached hydrogens (tertiary/aromatic N) is 2. The lowest BCUT2D eigenvalue weighted by Crippen LogP contribution is -2.27. The molecule has 3 nitrogen and oxygen atoms in total. The molecule has 1 N–H and O–H groups in total. The number of nitrogens with one attached hydrogen (secondary N) is 1. The molecule has 0 radical (unpaired) electrons. The first kappa shape index (κ1) is 11.1. The predicted molar refractivity (Wildman–Crippen MR) is 65.2 cm³/mol. The smallest absolute Gasteiger partial charge is 0.110 e. The van der Waals surface area contributed by atoms with Gasteiger partial charge in [-0.15, -0.1) is 0 Å². The Labute approximate surface area is 99.4 Å². The first-order valence-corrected chi connectivity index (χ1v) is 6.47. The molecule has 2 rings (SSSR count). The van der Waals surface area contributed by atoms with Crippen LogP contribution in [0.3, 0.4) is 0 Å². The number of rotatable bonds is 3. The summed E-state index contributed by atoms with van der Waals surface area (Å²) in [5, 5.41) is 3.26. The number of aryl methyl sites for hydroxylation is 2. The third kappa shape index (κ3) is 1.97. The molecule has 0 amide bonds. The van der Waals surface area contributed by atoms with Crippen molar-refractivity contribution < 1.29 is 0 Å². The highest BCUT2D eigenvalue weighted by Crippen LogP contribution is 2.31. The zero-order valence-corrected chi connectivity index (χ0v) is 11.0. The Balaban J connectivity index is 2.36. The van der Waals surface area contributed by atoms with Crippen LogP contribution in [0.5, 0.6) is 0 Å². The summed E-state index contributed by atoms with van der Waals surface area (Å²) in [5.74, 6) is 1.25. The van der Waals surface area contributed by atoms with Gasteiger partial charge in [-0.25, -0.2) is 4.98 Å². The van der Waals surface area contributed by atoms with Crippen molar-refractivity contribution in [3.8, 4) is 0 Å². The largest absolute Gasteiger partial charge is 0.318 e. The Morgan fingerprint density at radius 1 is 1.60 bits per heavy atom. The Bertz CT molecular complexity index is 346. The molecule has 1 unspecified atom stereocenters. The van der Waals surface area contributed by atoms with Crippen LogP contribution in [0.2, 0.25) is 0 Å². The van der Waals surface area contributed by atoms with Gasteiger partial charge in [0.05, 0.1) is 5.69 Å². The Morgan fingerprint density at radius 2 is 2.40 bits per heavy atom. The van der Waals surface area contributed by atoms with Crippen LogP contribution in [0.1, 0.15) is 37.3 Å². The monoisotopic (exact) mass is 271 g/mol. The summed E-state index contributed by atoms with van der Waals surface area (Å²) in [6.07, 6.45) is 4.65. The van der Waals surface area contributed by atoms with Crippen molar-refractivity contribution in [2.75, 3.05) is 13.6 Å². The third-order valence-electron chi connectivity index (χ3n) is 3.07. The van der Waals surface area contributed by atoms with Gasteiger partial charge in [-0.3, -0.25) is 0 Å². The lowest BCUT2D eigenvalue weighted by molar-refractivity contribution is 0.380. The van der Waals surface area contributed by atoms with Crippen molar-refractivity contribution >= 4 is 15.9 Å². The van der Waals surface area contributed by atoms with Gasteiger partial charge in [0.15, 0.2) is 0 Å². The Morgan fingerprint density at radius 3 is 3.07 bits per heavy atom. The van der Waals surface area contributed by atoms with Gasteiger partial charge in [-0.05, 0) is 42.2 Å². The van der Waals surface area contributed by atoms with Crippen LogP contribution in [0.15, 0.2) is 4.60 Å². The quantitative estimate of drug-likeness (QED) is 0.915. The minimum atomic E-state index is 0.570. The van der Waals surface area contributed by atoms with Crippen molar-refractivity contribution in [3.05, 3.63) is 16.1 Å². The lowest BCUT2D eigenvalue weighted by Gasteiger charge is -2.25. The van der Waals surface area contributed by atoms with Crippen LogP contribution in [-0.4, -0.2) is 23.1 Å². The number of fused-ring (bicyclic) bond motifs is 1. The van der Waals surface area contributed by atoms with Crippen molar-refractivity contribution in [1.82, 2.24) is 14.9 Å². The molecular formula is C11H18BrN3. The van der Waals surface area contributed by atoms with Gasteiger partial charge in [-0.1, -0.05) is 6.92 Å². The predicted octanol–water partition coefficient (Wildman–Crippen LogP) is 2.30. The van der Waals surface area contributed by atoms with Gasteiger partial charge >= 0.3 is 0 Å². The van der Waals surface area contributed by atoms with E-state index in [0.717, 1.165) is 19.4 Å². The zero-order chi connectivity index (χ0) is 10.8. The second-order valence-corrected chi connectivity index (χ2v) is 4.84. The van der Waals surface area contributed by atoms with Gasteiger partial charge in [0.2, 0.25) is 0 Å². The summed E-state index contributed by atoms with van der Waals surface area (Å²) in [6, 6.07) is 0.570. The van der Waals surface area contributed by atoms with Crippen LogP contribution < -0.4 is 5.32 Å². The molecule has 84 valence electrons. The highest BCUT2D eigenvalue weighted by atomic mass is 79.9. The van der Waals surface area contributed by atoms with E-state index >= 15 is 0 Å². The van der Waals surface area contributed by atoms with E-state index in [2.05, 4.69) is 37.7 Å². The molecule has 1 aliphatic heterocycles. The fourth-order valence-corrected chi connectivity index (χ4v) is 3.20. The van der Waals surface area contributed by atoms with E-state index in [1.165, 1.54) is 29.0 Å². The third-order valence-corrected chi connectivity index (χ3v) is 3.91. The van der Waals surface area contributed by atoms with Crippen molar-refractivity contribution in [1.29, 1.82) is 0 Å². The van der Waals surface area contributed by atoms with E-state index in [1.807, 2.05) is 7.05 Å². The fourth-order valence-electron chi connectivity index (χ4n) is 2.33. The molecule has 0 saturated carbocycles. The minimum Gasteiger partial charge on any atom is -0.318 e. The van der Waals surface area contributed by atoms with E-state index < -0.39 is 0 Å². The van der Waals surface area contributed by atoms with Gasteiger partial charge in [0, 0.05) is 19.0 Å². The molecule has 15 heavy (non-hydrogen) atoms. The molecule has 1 aliphatic rings. The number of halogens is 1. The van der Waals surface area contributed by atoms with Gasteiger partial charge < -0.3 is 9.88 Å². The number of hydrogen-bond donors (Lipinski definition) is 1. The molecule has 0 saturated heterocycles. The molecule has 0 bridgehead atoms. The zero-order valence-electron chi connectivity index (χ0n) is 9.39. The summed E-state index contributed by atoms with van der Waals surface area (Å²) >= 11 is 3.68. The molecule has 1 aromatic heterocycles. The first-order chi connectivity index (χ1) is 7.27. The maximum absolute atomic E-state index is 4.69. The number of hydrogen-bond acceptors (Lipinski definition) is 2. The second kappa shape index (κ2) is 4.66. The van der Waals surface area contributed by atoms with E-state index in [0.29, 0.717) is 6.04 Å². The molecule has 0 aliphatic carbocycles. The molecule has 1 aromatic rings. The summed E-state index contributed by atoms with van der Waals surface area (Å²) < 4.78 is 3.57. The Hall–Kier alpha value is -0.350. The molecule has 0 aromatic carbocycles. The van der Waals surface area contributed by atoms with Crippen LogP contribution >= 0.6 is 15.9 Å². The van der Waals surface area contributed by atoms with Gasteiger partial charge in [-0.2, -0.15) is 0 Å². The van der Waals surface area contributed by atoms with Gasteiger partial charge in [0.25, 0.3) is 0 Å². The highest BCUT2D eigenvalue weighted by molar-refractivity contribution is 9.10. The Kier molecular flexibility index (Phi) is 3.46. The summed E-state index contributed by atoms with van der Waals surface area (Å²) in [6.45, 7) is 3.19. The average molecular weight is 272 g/mol. The highest BCUT2D eigenvalue weighted by Gasteiger charge is 2.24. The summed E-state index contributed by atoms with van der Waals surface area (Å²) in [4.78, 5) is 4.69. The molecular weight excluding hydrogens is 254 g/mol. The maximum Gasteiger partial charge on any atom is 0.110 e. The second-order valence-electron chi connectivity index (χ2n) is 4.09. The lowest BCUT2D eigenvalue weighted by atomic mass is 10.0. The van der Waals surface area contributed by atoms with Crippen LogP contribution in [-0.2, 0) is 12.8 Å². The van der Waals surface area contributed by atoms with E-state index in [-0.39, 0.29) is 0 Å². The van der Waals surface area contributed by atoms with E-state index in [4.69, 9.17) is 0 Å². The first-order valence-electron chi connectivity index (χ1n) is 5.68. The molecule has 2 heterocycles. The average Bonchev–Trinajstić information content (AvgIpc) is 2.57. The van der Waals surface area contributed by atoms with Crippen molar-refractivity contribution in [3.63, 3.8) is 0 Å². The van der Waals surface area contributed by atoms with Crippen molar-refractivity contribution in [2.45, 2.75) is 38.6 Å². The molecule has 4 heteroatoms. The maximum atomic E-state index is 4.69.